The molecule has 1 heterocycles. The van der Waals surface area contributed by atoms with Gasteiger partial charge in [-0.05, 0) is 30.0 Å². The Balaban J connectivity index is 2.56. The summed E-state index contributed by atoms with van der Waals surface area (Å²) in [5.74, 6) is -0.260. The molecular weight excluding hydrogens is 196 g/mol. The first-order valence-electron chi connectivity index (χ1n) is 4.29. The standard InChI is InChI=1S/C11H10O2S/c1-7-3-4-8-6-10(11(12)13-2)14-9(8)5-7/h3-6H,1-2H3. The number of benzene rings is 1. The van der Waals surface area contributed by atoms with Gasteiger partial charge in [0.05, 0.1) is 7.11 Å². The molecule has 0 amide bonds. The topological polar surface area (TPSA) is 26.3 Å². The second kappa shape index (κ2) is 3.42. The number of aryl methyl sites for hydroxylation is 1. The van der Waals surface area contributed by atoms with Crippen molar-refractivity contribution < 1.29 is 9.53 Å². The average molecular weight is 206 g/mol. The molecule has 2 nitrogen and oxygen atoms in total. The molecule has 1 aromatic carbocycles. The molecule has 0 bridgehead atoms. The van der Waals surface area contributed by atoms with Crippen molar-refractivity contribution in [2.24, 2.45) is 0 Å². The fourth-order valence-corrected chi connectivity index (χ4v) is 2.42. The summed E-state index contributed by atoms with van der Waals surface area (Å²) < 4.78 is 5.80. The monoisotopic (exact) mass is 206 g/mol. The number of carbonyl (C=O) groups is 1. The molecule has 0 aliphatic carbocycles. The second-order valence-electron chi connectivity index (χ2n) is 3.14. The van der Waals surface area contributed by atoms with Crippen LogP contribution in [0.3, 0.4) is 0 Å². The highest BCUT2D eigenvalue weighted by Gasteiger charge is 2.09. The summed E-state index contributed by atoms with van der Waals surface area (Å²) in [5, 5.41) is 1.10. The number of hydrogen-bond donors (Lipinski definition) is 0. The third-order valence-electron chi connectivity index (χ3n) is 2.06. The van der Waals surface area contributed by atoms with Crippen molar-refractivity contribution in [3.05, 3.63) is 34.7 Å². The minimum Gasteiger partial charge on any atom is -0.465 e. The largest absolute Gasteiger partial charge is 0.465 e. The molecular formula is C11H10O2S. The van der Waals surface area contributed by atoms with E-state index in [1.54, 1.807) is 0 Å². The highest BCUT2D eigenvalue weighted by molar-refractivity contribution is 7.20. The van der Waals surface area contributed by atoms with E-state index in [2.05, 4.69) is 10.8 Å². The van der Waals surface area contributed by atoms with Crippen LogP contribution in [0.5, 0.6) is 0 Å². The van der Waals surface area contributed by atoms with Crippen molar-refractivity contribution in [1.82, 2.24) is 0 Å². The van der Waals surface area contributed by atoms with Crippen molar-refractivity contribution in [3.63, 3.8) is 0 Å². The van der Waals surface area contributed by atoms with Crippen LogP contribution in [0.15, 0.2) is 24.3 Å². The van der Waals surface area contributed by atoms with E-state index in [4.69, 9.17) is 0 Å². The van der Waals surface area contributed by atoms with E-state index in [1.807, 2.05) is 25.1 Å². The maximum Gasteiger partial charge on any atom is 0.348 e. The van der Waals surface area contributed by atoms with Gasteiger partial charge in [0.25, 0.3) is 0 Å². The lowest BCUT2D eigenvalue weighted by atomic mass is 10.2. The van der Waals surface area contributed by atoms with Crippen molar-refractivity contribution in [1.29, 1.82) is 0 Å². The van der Waals surface area contributed by atoms with Crippen LogP contribution in [0, 0.1) is 6.92 Å². The van der Waals surface area contributed by atoms with E-state index in [0.29, 0.717) is 4.88 Å². The number of fused-ring (bicyclic) bond motifs is 1. The average Bonchev–Trinajstić information content (AvgIpc) is 2.59. The quantitative estimate of drug-likeness (QED) is 0.670. The summed E-state index contributed by atoms with van der Waals surface area (Å²) >= 11 is 1.47. The van der Waals surface area contributed by atoms with Gasteiger partial charge in [-0.3, -0.25) is 0 Å². The summed E-state index contributed by atoms with van der Waals surface area (Å²) in [6.45, 7) is 2.04. The number of rotatable bonds is 1. The molecule has 0 spiro atoms. The molecule has 0 saturated carbocycles. The number of esters is 1. The Bertz CT molecular complexity index is 485. The van der Waals surface area contributed by atoms with E-state index in [-0.39, 0.29) is 5.97 Å². The van der Waals surface area contributed by atoms with Crippen LogP contribution in [0.4, 0.5) is 0 Å². The van der Waals surface area contributed by atoms with Crippen molar-refractivity contribution >= 4 is 27.4 Å². The Hall–Kier alpha value is -1.35. The first kappa shape index (κ1) is 9.21. The zero-order valence-electron chi connectivity index (χ0n) is 8.03. The Morgan fingerprint density at radius 3 is 2.86 bits per heavy atom. The SMILES string of the molecule is COC(=O)c1cc2ccc(C)cc2s1. The lowest BCUT2D eigenvalue weighted by molar-refractivity contribution is 0.0606. The lowest BCUT2D eigenvalue weighted by Crippen LogP contribution is -1.96. The van der Waals surface area contributed by atoms with Gasteiger partial charge in [0.1, 0.15) is 4.88 Å². The van der Waals surface area contributed by atoms with Crippen LogP contribution in [0.1, 0.15) is 15.2 Å². The first-order chi connectivity index (χ1) is 6.70. The fraction of sp³-hybridized carbons (Fsp3) is 0.182. The van der Waals surface area contributed by atoms with Gasteiger partial charge in [-0.1, -0.05) is 12.1 Å². The van der Waals surface area contributed by atoms with E-state index in [0.717, 1.165) is 10.1 Å². The van der Waals surface area contributed by atoms with Crippen molar-refractivity contribution in [3.8, 4) is 0 Å². The predicted octanol–water partition coefficient (Wildman–Crippen LogP) is 3.00. The zero-order chi connectivity index (χ0) is 10.1. The fourth-order valence-electron chi connectivity index (χ4n) is 1.34. The van der Waals surface area contributed by atoms with Gasteiger partial charge < -0.3 is 4.74 Å². The van der Waals surface area contributed by atoms with Crippen molar-refractivity contribution in [2.45, 2.75) is 6.92 Å². The summed E-state index contributed by atoms with van der Waals surface area (Å²) in [6, 6.07) is 8.00. The molecule has 1 aromatic heterocycles. The molecule has 0 atom stereocenters. The molecule has 2 aromatic rings. The first-order valence-corrected chi connectivity index (χ1v) is 5.11. The number of hydrogen-bond acceptors (Lipinski definition) is 3. The van der Waals surface area contributed by atoms with Crippen LogP contribution in [-0.4, -0.2) is 13.1 Å². The van der Waals surface area contributed by atoms with Gasteiger partial charge in [0.15, 0.2) is 0 Å². The van der Waals surface area contributed by atoms with Crippen LogP contribution < -0.4 is 0 Å². The maximum atomic E-state index is 11.3. The van der Waals surface area contributed by atoms with Crippen LogP contribution in [0.25, 0.3) is 10.1 Å². The van der Waals surface area contributed by atoms with E-state index < -0.39 is 0 Å². The van der Waals surface area contributed by atoms with Gasteiger partial charge in [-0.25, -0.2) is 4.79 Å². The molecule has 2 rings (SSSR count). The van der Waals surface area contributed by atoms with Crippen LogP contribution >= 0.6 is 11.3 Å². The minimum absolute atomic E-state index is 0.260. The second-order valence-corrected chi connectivity index (χ2v) is 4.23. The number of ether oxygens (including phenoxy) is 1. The molecule has 3 heteroatoms. The predicted molar refractivity (Wildman–Crippen MR) is 57.9 cm³/mol. The highest BCUT2D eigenvalue weighted by Crippen LogP contribution is 2.26. The molecule has 0 aliphatic heterocycles. The molecule has 0 aliphatic rings. The Morgan fingerprint density at radius 2 is 2.14 bits per heavy atom. The molecule has 0 unspecified atom stereocenters. The third kappa shape index (κ3) is 1.51. The Labute approximate surface area is 86.1 Å². The third-order valence-corrected chi connectivity index (χ3v) is 3.14. The summed E-state index contributed by atoms with van der Waals surface area (Å²) in [4.78, 5) is 11.9. The Kier molecular flexibility index (Phi) is 2.25. The number of methoxy groups -OCH3 is 1. The number of thiophene rings is 1. The van der Waals surface area contributed by atoms with E-state index in [1.165, 1.54) is 24.0 Å². The maximum absolute atomic E-state index is 11.3. The summed E-state index contributed by atoms with van der Waals surface area (Å²) in [5.41, 5.74) is 1.20. The van der Waals surface area contributed by atoms with Crippen LogP contribution in [-0.2, 0) is 4.74 Å². The van der Waals surface area contributed by atoms with Gasteiger partial charge in [-0.2, -0.15) is 0 Å². The van der Waals surface area contributed by atoms with Gasteiger partial charge in [0.2, 0.25) is 0 Å². The number of carbonyl (C=O) groups excluding carboxylic acids is 1. The molecule has 0 saturated heterocycles. The van der Waals surface area contributed by atoms with Gasteiger partial charge >= 0.3 is 5.97 Å². The minimum atomic E-state index is -0.260. The van der Waals surface area contributed by atoms with Crippen molar-refractivity contribution in [2.75, 3.05) is 7.11 Å². The highest BCUT2D eigenvalue weighted by atomic mass is 32.1. The normalized spacial score (nSPS) is 10.4. The van der Waals surface area contributed by atoms with E-state index >= 15 is 0 Å². The van der Waals surface area contributed by atoms with Gasteiger partial charge in [0, 0.05) is 4.70 Å². The molecule has 14 heavy (non-hydrogen) atoms. The summed E-state index contributed by atoms with van der Waals surface area (Å²) in [6.07, 6.45) is 0. The van der Waals surface area contributed by atoms with Gasteiger partial charge in [-0.15, -0.1) is 11.3 Å². The lowest BCUT2D eigenvalue weighted by Gasteiger charge is -1.90. The molecule has 0 fully saturated rings. The Morgan fingerprint density at radius 1 is 1.36 bits per heavy atom. The summed E-state index contributed by atoms with van der Waals surface area (Å²) in [7, 11) is 1.40. The smallest absolute Gasteiger partial charge is 0.348 e. The molecule has 72 valence electrons. The zero-order valence-corrected chi connectivity index (χ0v) is 8.85. The van der Waals surface area contributed by atoms with E-state index in [9.17, 15) is 4.79 Å². The van der Waals surface area contributed by atoms with Crippen LogP contribution in [0.2, 0.25) is 0 Å². The molecule has 0 radical (unpaired) electrons. The molecule has 0 N–H and O–H groups in total.